The largest absolute Gasteiger partial charge is 0.399 e. The average molecular weight is 283 g/mol. The topological polar surface area (TPSA) is 63.4 Å². The Bertz CT molecular complexity index is 443. The number of imide groups is 1. The van der Waals surface area contributed by atoms with Crippen LogP contribution < -0.4 is 5.73 Å². The number of carbonyl (C=O) groups excluding carboxylic acids is 2. The first-order valence-electron chi connectivity index (χ1n) is 4.95. The summed E-state index contributed by atoms with van der Waals surface area (Å²) in [6.07, 6.45) is 0.650. The maximum Gasteiger partial charge on any atom is 0.229 e. The molecule has 16 heavy (non-hydrogen) atoms. The van der Waals surface area contributed by atoms with E-state index in [-0.39, 0.29) is 11.8 Å². The first kappa shape index (κ1) is 11.1. The predicted octanol–water partition coefficient (Wildman–Crippen LogP) is 1.68. The van der Waals surface area contributed by atoms with E-state index in [9.17, 15) is 9.59 Å². The molecule has 1 aromatic carbocycles. The van der Waals surface area contributed by atoms with Crippen LogP contribution in [0.25, 0.3) is 0 Å². The third-order valence-electron chi connectivity index (χ3n) is 2.56. The van der Waals surface area contributed by atoms with Gasteiger partial charge in [-0.3, -0.25) is 14.5 Å². The first-order valence-corrected chi connectivity index (χ1v) is 5.74. The van der Waals surface area contributed by atoms with Gasteiger partial charge >= 0.3 is 0 Å². The van der Waals surface area contributed by atoms with Crippen LogP contribution in [0.5, 0.6) is 0 Å². The van der Waals surface area contributed by atoms with Gasteiger partial charge in [-0.25, -0.2) is 0 Å². The van der Waals surface area contributed by atoms with Crippen molar-refractivity contribution in [2.75, 3.05) is 5.73 Å². The van der Waals surface area contributed by atoms with Crippen molar-refractivity contribution in [3.05, 3.63) is 28.2 Å². The van der Waals surface area contributed by atoms with E-state index in [1.807, 2.05) is 6.07 Å². The minimum atomic E-state index is -0.103. The second kappa shape index (κ2) is 4.25. The van der Waals surface area contributed by atoms with E-state index in [1.165, 1.54) is 4.90 Å². The maximum atomic E-state index is 11.4. The predicted molar refractivity (Wildman–Crippen MR) is 63.3 cm³/mol. The van der Waals surface area contributed by atoms with Crippen LogP contribution in [0, 0.1) is 0 Å². The number of rotatable bonds is 2. The fourth-order valence-corrected chi connectivity index (χ4v) is 2.18. The van der Waals surface area contributed by atoms with Crippen LogP contribution in [0.2, 0.25) is 0 Å². The van der Waals surface area contributed by atoms with Gasteiger partial charge in [-0.15, -0.1) is 0 Å². The van der Waals surface area contributed by atoms with Crippen molar-refractivity contribution in [2.45, 2.75) is 19.4 Å². The first-order chi connectivity index (χ1) is 7.58. The van der Waals surface area contributed by atoms with Crippen LogP contribution in [0.4, 0.5) is 5.69 Å². The van der Waals surface area contributed by atoms with Gasteiger partial charge in [0.15, 0.2) is 0 Å². The van der Waals surface area contributed by atoms with E-state index in [0.29, 0.717) is 25.1 Å². The van der Waals surface area contributed by atoms with Crippen molar-refractivity contribution in [3.63, 3.8) is 0 Å². The molecule has 0 spiro atoms. The van der Waals surface area contributed by atoms with Crippen LogP contribution in [0.15, 0.2) is 22.7 Å². The molecule has 1 saturated heterocycles. The van der Waals surface area contributed by atoms with Gasteiger partial charge in [-0.2, -0.15) is 0 Å². The van der Waals surface area contributed by atoms with Gasteiger partial charge in [-0.05, 0) is 17.7 Å². The highest BCUT2D eigenvalue weighted by molar-refractivity contribution is 9.10. The molecule has 4 nitrogen and oxygen atoms in total. The highest BCUT2D eigenvalue weighted by Crippen LogP contribution is 2.23. The summed E-state index contributed by atoms with van der Waals surface area (Å²) in [5, 5.41) is 0. The van der Waals surface area contributed by atoms with Crippen molar-refractivity contribution < 1.29 is 9.59 Å². The Labute approximate surface area is 102 Å². The van der Waals surface area contributed by atoms with Crippen molar-refractivity contribution in [3.8, 4) is 0 Å². The summed E-state index contributed by atoms with van der Waals surface area (Å²) < 4.78 is 0.819. The fraction of sp³-hybridized carbons (Fsp3) is 0.273. The minimum absolute atomic E-state index is 0.103. The Morgan fingerprint density at radius 1 is 1.25 bits per heavy atom. The third kappa shape index (κ3) is 2.09. The van der Waals surface area contributed by atoms with Crippen LogP contribution >= 0.6 is 15.9 Å². The van der Waals surface area contributed by atoms with Gasteiger partial charge in [-0.1, -0.05) is 22.0 Å². The number of nitrogen functional groups attached to an aromatic ring is 1. The Balaban J connectivity index is 2.20. The lowest BCUT2D eigenvalue weighted by Crippen LogP contribution is -2.28. The molecule has 2 N–H and O–H groups in total. The number of hydrogen-bond donors (Lipinski definition) is 1. The molecular weight excluding hydrogens is 272 g/mol. The van der Waals surface area contributed by atoms with Gasteiger partial charge in [0.1, 0.15) is 0 Å². The number of likely N-dealkylation sites (tertiary alicyclic amines) is 1. The number of halogens is 1. The number of nitrogens with two attached hydrogens (primary N) is 1. The van der Waals surface area contributed by atoms with E-state index in [4.69, 9.17) is 5.73 Å². The van der Waals surface area contributed by atoms with Crippen molar-refractivity contribution in [1.29, 1.82) is 0 Å². The Kier molecular flexibility index (Phi) is 2.96. The molecule has 0 aliphatic carbocycles. The molecule has 1 fully saturated rings. The van der Waals surface area contributed by atoms with Gasteiger partial charge in [0, 0.05) is 23.0 Å². The Hall–Kier alpha value is -1.36. The molecule has 2 amide bonds. The van der Waals surface area contributed by atoms with Crippen molar-refractivity contribution in [1.82, 2.24) is 4.90 Å². The van der Waals surface area contributed by atoms with Crippen LogP contribution in [0.3, 0.4) is 0 Å². The van der Waals surface area contributed by atoms with Gasteiger partial charge < -0.3 is 5.73 Å². The maximum absolute atomic E-state index is 11.4. The molecule has 1 aromatic rings. The van der Waals surface area contributed by atoms with E-state index in [0.717, 1.165) is 10.0 Å². The summed E-state index contributed by atoms with van der Waals surface area (Å²) in [5.74, 6) is -0.206. The average Bonchev–Trinajstić information content (AvgIpc) is 2.53. The smallest absolute Gasteiger partial charge is 0.229 e. The lowest BCUT2D eigenvalue weighted by atomic mass is 10.2. The number of amides is 2. The lowest BCUT2D eigenvalue weighted by Gasteiger charge is -2.14. The summed E-state index contributed by atoms with van der Waals surface area (Å²) in [6.45, 7) is 0.318. The van der Waals surface area contributed by atoms with Crippen LogP contribution in [-0.4, -0.2) is 16.7 Å². The zero-order chi connectivity index (χ0) is 11.7. The van der Waals surface area contributed by atoms with E-state index < -0.39 is 0 Å². The molecule has 0 radical (unpaired) electrons. The Morgan fingerprint density at radius 2 is 1.88 bits per heavy atom. The summed E-state index contributed by atoms with van der Waals surface area (Å²) in [7, 11) is 0. The minimum Gasteiger partial charge on any atom is -0.399 e. The second-order valence-electron chi connectivity index (χ2n) is 3.72. The lowest BCUT2D eigenvalue weighted by molar-refractivity contribution is -0.139. The highest BCUT2D eigenvalue weighted by Gasteiger charge is 2.28. The SMILES string of the molecule is Nc1ccc(CN2C(=O)CCC2=O)c(Br)c1. The normalized spacial score (nSPS) is 15.9. The fourth-order valence-electron chi connectivity index (χ4n) is 1.66. The molecule has 1 aliphatic rings. The Morgan fingerprint density at radius 3 is 2.44 bits per heavy atom. The summed E-state index contributed by atoms with van der Waals surface area (Å²) in [4.78, 5) is 24.2. The van der Waals surface area contributed by atoms with E-state index in [1.54, 1.807) is 12.1 Å². The molecule has 0 atom stereocenters. The molecule has 2 rings (SSSR count). The molecule has 5 heteroatoms. The standard InChI is InChI=1S/C11H11BrN2O2/c12-9-5-8(13)2-1-7(9)6-14-10(15)3-4-11(14)16/h1-2,5H,3-4,6,13H2. The number of anilines is 1. The molecule has 1 aliphatic heterocycles. The van der Waals surface area contributed by atoms with E-state index in [2.05, 4.69) is 15.9 Å². The summed E-state index contributed by atoms with van der Waals surface area (Å²) >= 11 is 3.36. The molecule has 84 valence electrons. The van der Waals surface area contributed by atoms with Gasteiger partial charge in [0.2, 0.25) is 11.8 Å². The zero-order valence-corrected chi connectivity index (χ0v) is 10.2. The number of benzene rings is 1. The summed E-state index contributed by atoms with van der Waals surface area (Å²) in [6, 6.07) is 5.34. The molecule has 0 aromatic heterocycles. The second-order valence-corrected chi connectivity index (χ2v) is 4.58. The molecule has 0 unspecified atom stereocenters. The number of hydrogen-bond acceptors (Lipinski definition) is 3. The van der Waals surface area contributed by atoms with Crippen LogP contribution in [-0.2, 0) is 16.1 Å². The monoisotopic (exact) mass is 282 g/mol. The third-order valence-corrected chi connectivity index (χ3v) is 3.30. The molecule has 0 bridgehead atoms. The van der Waals surface area contributed by atoms with Gasteiger partial charge in [0.05, 0.1) is 6.54 Å². The zero-order valence-electron chi connectivity index (χ0n) is 8.57. The molecule has 1 heterocycles. The van der Waals surface area contributed by atoms with Crippen molar-refractivity contribution in [2.24, 2.45) is 0 Å². The summed E-state index contributed by atoms with van der Waals surface area (Å²) in [5.41, 5.74) is 7.15. The number of nitrogens with zero attached hydrogens (tertiary/aromatic N) is 1. The number of carbonyl (C=O) groups is 2. The van der Waals surface area contributed by atoms with Gasteiger partial charge in [0.25, 0.3) is 0 Å². The molecule has 0 saturated carbocycles. The molecular formula is C11H11BrN2O2. The van der Waals surface area contributed by atoms with Crippen LogP contribution in [0.1, 0.15) is 18.4 Å². The highest BCUT2D eigenvalue weighted by atomic mass is 79.9. The van der Waals surface area contributed by atoms with E-state index >= 15 is 0 Å². The van der Waals surface area contributed by atoms with Crippen molar-refractivity contribution >= 4 is 33.4 Å². The quantitative estimate of drug-likeness (QED) is 0.663.